The molecule has 0 N–H and O–H groups in total. The van der Waals surface area contributed by atoms with E-state index in [-0.39, 0.29) is 6.61 Å². The summed E-state index contributed by atoms with van der Waals surface area (Å²) in [5.74, 6) is 0.529. The summed E-state index contributed by atoms with van der Waals surface area (Å²) >= 11 is 0. The Morgan fingerprint density at radius 1 is 1.00 bits per heavy atom. The fraction of sp³-hybridized carbons (Fsp3) is 0.0526. The van der Waals surface area contributed by atoms with Gasteiger partial charge >= 0.3 is 0 Å². The number of hydrogen-bond acceptors (Lipinski definition) is 3. The minimum atomic E-state index is 0.253. The molecule has 3 aromatic carbocycles. The van der Waals surface area contributed by atoms with Crippen LogP contribution in [-0.4, -0.2) is 6.29 Å². The molecule has 0 aliphatic carbocycles. The minimum Gasteiger partial charge on any atom is -0.488 e. The molecular weight excluding hydrogens is 274 g/mol. The van der Waals surface area contributed by atoms with E-state index in [9.17, 15) is 4.79 Å². The Labute approximate surface area is 128 Å². The molecule has 0 aromatic heterocycles. The van der Waals surface area contributed by atoms with Crippen LogP contribution in [0.3, 0.4) is 0 Å². The van der Waals surface area contributed by atoms with Gasteiger partial charge in [-0.25, -0.2) is 0 Å². The van der Waals surface area contributed by atoms with Gasteiger partial charge in [0.2, 0.25) is 0 Å². The van der Waals surface area contributed by atoms with Crippen molar-refractivity contribution in [1.82, 2.24) is 0 Å². The first kappa shape index (κ1) is 13.8. The van der Waals surface area contributed by atoms with E-state index >= 15 is 0 Å². The van der Waals surface area contributed by atoms with Crippen molar-refractivity contribution in [2.75, 3.05) is 0 Å². The van der Waals surface area contributed by atoms with E-state index in [0.29, 0.717) is 16.9 Å². The van der Waals surface area contributed by atoms with Gasteiger partial charge in [0.15, 0.2) is 6.29 Å². The monoisotopic (exact) mass is 287 g/mol. The molecule has 0 bridgehead atoms. The Hall–Kier alpha value is -3.12. The van der Waals surface area contributed by atoms with Crippen LogP contribution in [0.5, 0.6) is 5.75 Å². The number of fused-ring (bicyclic) bond motifs is 1. The summed E-state index contributed by atoms with van der Waals surface area (Å²) in [4.78, 5) is 11.4. The summed E-state index contributed by atoms with van der Waals surface area (Å²) in [7, 11) is 0. The third-order valence-electron chi connectivity index (χ3n) is 3.57. The third-order valence-corrected chi connectivity index (χ3v) is 3.57. The van der Waals surface area contributed by atoms with Crippen LogP contribution in [0.25, 0.3) is 10.8 Å². The molecule has 3 heteroatoms. The molecule has 0 saturated heterocycles. The molecule has 0 unspecified atom stereocenters. The molecule has 0 aliphatic heterocycles. The van der Waals surface area contributed by atoms with E-state index in [2.05, 4.69) is 6.07 Å². The maximum atomic E-state index is 11.4. The molecule has 3 aromatic rings. The zero-order valence-corrected chi connectivity index (χ0v) is 11.8. The molecule has 3 nitrogen and oxygen atoms in total. The van der Waals surface area contributed by atoms with Crippen molar-refractivity contribution in [3.8, 4) is 11.8 Å². The Kier molecular flexibility index (Phi) is 3.84. The first-order valence-corrected chi connectivity index (χ1v) is 6.91. The number of rotatable bonds is 4. The molecule has 0 saturated carbocycles. The Balaban J connectivity index is 1.94. The van der Waals surface area contributed by atoms with Gasteiger partial charge in [-0.05, 0) is 22.9 Å². The molecule has 0 amide bonds. The number of aldehydes is 1. The first-order valence-electron chi connectivity index (χ1n) is 6.91. The van der Waals surface area contributed by atoms with E-state index < -0.39 is 0 Å². The van der Waals surface area contributed by atoms with Crippen LogP contribution < -0.4 is 4.74 Å². The summed E-state index contributed by atoms with van der Waals surface area (Å²) in [6.45, 7) is 0.253. The Bertz CT molecular complexity index is 878. The lowest BCUT2D eigenvalue weighted by Crippen LogP contribution is -2.00. The van der Waals surface area contributed by atoms with Crippen LogP contribution in [0, 0.1) is 11.3 Å². The highest BCUT2D eigenvalue weighted by molar-refractivity contribution is 6.00. The highest BCUT2D eigenvalue weighted by Crippen LogP contribution is 2.27. The van der Waals surface area contributed by atoms with E-state index in [1.54, 1.807) is 12.1 Å². The zero-order valence-electron chi connectivity index (χ0n) is 11.8. The van der Waals surface area contributed by atoms with Crippen molar-refractivity contribution in [3.05, 3.63) is 77.4 Å². The molecular formula is C19H13NO2. The van der Waals surface area contributed by atoms with Gasteiger partial charge in [-0.3, -0.25) is 4.79 Å². The van der Waals surface area contributed by atoms with Crippen LogP contribution in [0.4, 0.5) is 0 Å². The van der Waals surface area contributed by atoms with Gasteiger partial charge in [0.05, 0.1) is 17.2 Å². The van der Waals surface area contributed by atoms with Crippen LogP contribution in [0.15, 0.2) is 60.7 Å². The summed E-state index contributed by atoms with van der Waals surface area (Å²) in [5.41, 5.74) is 1.92. The second-order valence-electron chi connectivity index (χ2n) is 4.87. The quantitative estimate of drug-likeness (QED) is 0.679. The predicted octanol–water partition coefficient (Wildman–Crippen LogP) is 4.10. The van der Waals surface area contributed by atoms with Crippen LogP contribution >= 0.6 is 0 Å². The zero-order chi connectivity index (χ0) is 15.4. The lowest BCUT2D eigenvalue weighted by Gasteiger charge is -2.11. The SMILES string of the molecule is N#Cc1ccccc1COc1ccc2ccccc2c1C=O. The van der Waals surface area contributed by atoms with Gasteiger partial charge in [0.25, 0.3) is 0 Å². The summed E-state index contributed by atoms with van der Waals surface area (Å²) < 4.78 is 5.78. The van der Waals surface area contributed by atoms with Crippen molar-refractivity contribution < 1.29 is 9.53 Å². The van der Waals surface area contributed by atoms with Crippen LogP contribution in [0.2, 0.25) is 0 Å². The van der Waals surface area contributed by atoms with E-state index in [1.807, 2.05) is 48.5 Å². The predicted molar refractivity (Wildman–Crippen MR) is 84.8 cm³/mol. The molecule has 106 valence electrons. The Morgan fingerprint density at radius 2 is 1.77 bits per heavy atom. The van der Waals surface area contributed by atoms with Gasteiger partial charge in [-0.15, -0.1) is 0 Å². The summed E-state index contributed by atoms with van der Waals surface area (Å²) in [6.07, 6.45) is 0.813. The topological polar surface area (TPSA) is 50.1 Å². The molecule has 0 spiro atoms. The average molecular weight is 287 g/mol. The highest BCUT2D eigenvalue weighted by Gasteiger charge is 2.09. The van der Waals surface area contributed by atoms with Crippen molar-refractivity contribution in [2.45, 2.75) is 6.61 Å². The largest absolute Gasteiger partial charge is 0.488 e. The fourth-order valence-corrected chi connectivity index (χ4v) is 2.43. The van der Waals surface area contributed by atoms with E-state index in [1.165, 1.54) is 0 Å². The van der Waals surface area contributed by atoms with Gasteiger partial charge in [0, 0.05) is 5.56 Å². The van der Waals surface area contributed by atoms with Gasteiger partial charge in [-0.1, -0.05) is 48.5 Å². The molecule has 0 aliphatic rings. The van der Waals surface area contributed by atoms with Crippen LogP contribution in [-0.2, 0) is 6.61 Å². The lowest BCUT2D eigenvalue weighted by molar-refractivity contribution is 0.112. The maximum absolute atomic E-state index is 11.4. The molecule has 0 fully saturated rings. The van der Waals surface area contributed by atoms with Gasteiger partial charge < -0.3 is 4.74 Å². The van der Waals surface area contributed by atoms with Crippen LogP contribution in [0.1, 0.15) is 21.5 Å². The van der Waals surface area contributed by atoms with E-state index in [4.69, 9.17) is 10.00 Å². The van der Waals surface area contributed by atoms with Crippen molar-refractivity contribution in [3.63, 3.8) is 0 Å². The standard InChI is InChI=1S/C19H13NO2/c20-11-15-6-1-2-7-16(15)13-22-19-10-9-14-5-3-4-8-17(14)18(19)12-21/h1-10,12H,13H2. The molecule has 0 radical (unpaired) electrons. The first-order chi connectivity index (χ1) is 10.8. The average Bonchev–Trinajstić information content (AvgIpc) is 2.59. The molecule has 3 rings (SSSR count). The molecule has 0 heterocycles. The van der Waals surface area contributed by atoms with E-state index in [0.717, 1.165) is 22.6 Å². The van der Waals surface area contributed by atoms with Crippen molar-refractivity contribution in [1.29, 1.82) is 5.26 Å². The van der Waals surface area contributed by atoms with Gasteiger partial charge in [0.1, 0.15) is 12.4 Å². The highest BCUT2D eigenvalue weighted by atomic mass is 16.5. The van der Waals surface area contributed by atoms with Gasteiger partial charge in [-0.2, -0.15) is 5.26 Å². The number of nitriles is 1. The van der Waals surface area contributed by atoms with Crippen molar-refractivity contribution in [2.24, 2.45) is 0 Å². The minimum absolute atomic E-state index is 0.253. The smallest absolute Gasteiger partial charge is 0.154 e. The normalized spacial score (nSPS) is 10.1. The molecule has 22 heavy (non-hydrogen) atoms. The Morgan fingerprint density at radius 3 is 2.59 bits per heavy atom. The number of hydrogen-bond donors (Lipinski definition) is 0. The summed E-state index contributed by atoms with van der Waals surface area (Å²) in [6, 6.07) is 20.8. The number of benzene rings is 3. The number of carbonyl (C=O) groups excluding carboxylic acids is 1. The lowest BCUT2D eigenvalue weighted by atomic mass is 10.0. The third kappa shape index (κ3) is 2.55. The van der Waals surface area contributed by atoms with Crippen molar-refractivity contribution >= 4 is 17.1 Å². The fourth-order valence-electron chi connectivity index (χ4n) is 2.43. The maximum Gasteiger partial charge on any atom is 0.154 e. The molecule has 0 atom stereocenters. The second-order valence-corrected chi connectivity index (χ2v) is 4.87. The summed E-state index contributed by atoms with van der Waals surface area (Å²) in [5, 5.41) is 11.0. The second kappa shape index (κ2) is 6.11. The number of ether oxygens (including phenoxy) is 1. The number of nitrogens with zero attached hydrogens (tertiary/aromatic N) is 1. The number of carbonyl (C=O) groups is 1.